The summed E-state index contributed by atoms with van der Waals surface area (Å²) in [6, 6.07) is 0. The molecule has 0 heterocycles. The first-order chi connectivity index (χ1) is 9.56. The average molecular weight is 414 g/mol. The van der Waals surface area contributed by atoms with Crippen LogP contribution >= 0.6 is 24.0 Å². The minimum atomic E-state index is 0. The Kier molecular flexibility index (Phi) is 18.0. The molecule has 0 rings (SSSR count). The van der Waals surface area contributed by atoms with Gasteiger partial charge >= 0.3 is 0 Å². The van der Waals surface area contributed by atoms with E-state index in [4.69, 9.17) is 4.74 Å². The number of rotatable bonds is 11. The summed E-state index contributed by atoms with van der Waals surface area (Å²) in [7, 11) is 4.17. The molecule has 0 saturated heterocycles. The second kappa shape index (κ2) is 16.3. The van der Waals surface area contributed by atoms with Crippen molar-refractivity contribution in [2.75, 3.05) is 53.5 Å². The number of hydrogen-bond donors (Lipinski definition) is 2. The van der Waals surface area contributed by atoms with Crippen LogP contribution in [0.2, 0.25) is 0 Å². The molecule has 0 aliphatic rings. The van der Waals surface area contributed by atoms with Gasteiger partial charge in [-0.2, -0.15) is 0 Å². The molecule has 0 fully saturated rings. The van der Waals surface area contributed by atoms with Crippen LogP contribution < -0.4 is 10.6 Å². The average Bonchev–Trinajstić information content (AvgIpc) is 2.37. The van der Waals surface area contributed by atoms with E-state index in [0.29, 0.717) is 5.92 Å². The first kappa shape index (κ1) is 23.2. The summed E-state index contributed by atoms with van der Waals surface area (Å²) in [5.74, 6) is 1.59. The van der Waals surface area contributed by atoms with Crippen LogP contribution in [0.3, 0.4) is 0 Å². The maximum Gasteiger partial charge on any atom is 0.191 e. The maximum atomic E-state index is 5.58. The molecule has 0 aliphatic heterocycles. The third kappa shape index (κ3) is 17.9. The summed E-state index contributed by atoms with van der Waals surface area (Å²) < 4.78 is 5.58. The van der Waals surface area contributed by atoms with Crippen molar-refractivity contribution in [1.82, 2.24) is 15.5 Å². The smallest absolute Gasteiger partial charge is 0.191 e. The predicted molar refractivity (Wildman–Crippen MR) is 103 cm³/mol. The molecule has 0 bridgehead atoms. The zero-order chi connectivity index (χ0) is 15.2. The molecule has 0 atom stereocenters. The number of nitrogens with one attached hydrogen (secondary N) is 2. The first-order valence-corrected chi connectivity index (χ1v) is 7.81. The van der Waals surface area contributed by atoms with E-state index in [2.05, 4.69) is 55.4 Å². The molecular formula is C15H35IN4O. The van der Waals surface area contributed by atoms with Gasteiger partial charge in [-0.05, 0) is 46.3 Å². The third-order valence-corrected chi connectivity index (χ3v) is 2.76. The number of hydrogen-bond acceptors (Lipinski definition) is 3. The SMILES string of the molecule is CCNC(=NCCCN(C)C)NCCOCCC(C)C.I. The molecule has 0 saturated carbocycles. The Morgan fingerprint density at radius 2 is 1.90 bits per heavy atom. The van der Waals surface area contributed by atoms with Gasteiger partial charge in [0.15, 0.2) is 5.96 Å². The standard InChI is InChI=1S/C15H34N4O.HI/c1-6-16-15(17-9-7-11-19(4)5)18-10-13-20-12-8-14(2)3;/h14H,6-13H2,1-5H3,(H2,16,17,18);1H. The fourth-order valence-electron chi connectivity index (χ4n) is 1.58. The van der Waals surface area contributed by atoms with Gasteiger partial charge in [-0.1, -0.05) is 13.8 Å². The Morgan fingerprint density at radius 1 is 1.19 bits per heavy atom. The van der Waals surface area contributed by atoms with Gasteiger partial charge in [0, 0.05) is 26.2 Å². The monoisotopic (exact) mass is 414 g/mol. The third-order valence-electron chi connectivity index (χ3n) is 2.76. The van der Waals surface area contributed by atoms with Crippen LogP contribution in [-0.2, 0) is 4.74 Å². The molecule has 0 unspecified atom stereocenters. The van der Waals surface area contributed by atoms with Gasteiger partial charge in [0.1, 0.15) is 0 Å². The van der Waals surface area contributed by atoms with Crippen molar-refractivity contribution in [3.05, 3.63) is 0 Å². The minimum Gasteiger partial charge on any atom is -0.380 e. The number of ether oxygens (including phenoxy) is 1. The quantitative estimate of drug-likeness (QED) is 0.236. The van der Waals surface area contributed by atoms with Crippen molar-refractivity contribution in [1.29, 1.82) is 0 Å². The van der Waals surface area contributed by atoms with E-state index in [1.54, 1.807) is 0 Å². The molecule has 5 nitrogen and oxygen atoms in total. The van der Waals surface area contributed by atoms with E-state index < -0.39 is 0 Å². The molecule has 6 heteroatoms. The van der Waals surface area contributed by atoms with E-state index in [1.165, 1.54) is 0 Å². The molecule has 0 amide bonds. The molecule has 128 valence electrons. The van der Waals surface area contributed by atoms with Crippen molar-refractivity contribution in [2.45, 2.75) is 33.6 Å². The van der Waals surface area contributed by atoms with Crippen LogP contribution in [0.5, 0.6) is 0 Å². The van der Waals surface area contributed by atoms with E-state index in [9.17, 15) is 0 Å². The summed E-state index contributed by atoms with van der Waals surface area (Å²) in [6.07, 6.45) is 2.20. The lowest BCUT2D eigenvalue weighted by molar-refractivity contribution is 0.128. The topological polar surface area (TPSA) is 48.9 Å². The molecule has 0 spiro atoms. The van der Waals surface area contributed by atoms with Crippen LogP contribution in [0.4, 0.5) is 0 Å². The summed E-state index contributed by atoms with van der Waals surface area (Å²) in [6.45, 7) is 11.7. The molecule has 0 radical (unpaired) electrons. The minimum absolute atomic E-state index is 0. The summed E-state index contributed by atoms with van der Waals surface area (Å²) in [5, 5.41) is 6.55. The van der Waals surface area contributed by atoms with Crippen molar-refractivity contribution in [2.24, 2.45) is 10.9 Å². The van der Waals surface area contributed by atoms with Gasteiger partial charge in [0.2, 0.25) is 0 Å². The molecular weight excluding hydrogens is 379 g/mol. The van der Waals surface area contributed by atoms with Crippen LogP contribution in [-0.4, -0.2) is 64.3 Å². The van der Waals surface area contributed by atoms with Gasteiger partial charge in [0.25, 0.3) is 0 Å². The second-order valence-electron chi connectivity index (χ2n) is 5.64. The lowest BCUT2D eigenvalue weighted by Crippen LogP contribution is -2.39. The fraction of sp³-hybridized carbons (Fsp3) is 0.933. The summed E-state index contributed by atoms with van der Waals surface area (Å²) in [4.78, 5) is 6.72. The van der Waals surface area contributed by atoms with Gasteiger partial charge < -0.3 is 20.3 Å². The van der Waals surface area contributed by atoms with E-state index in [-0.39, 0.29) is 24.0 Å². The van der Waals surface area contributed by atoms with Gasteiger partial charge in [-0.15, -0.1) is 24.0 Å². The van der Waals surface area contributed by atoms with Crippen molar-refractivity contribution in [3.63, 3.8) is 0 Å². The second-order valence-corrected chi connectivity index (χ2v) is 5.64. The lowest BCUT2D eigenvalue weighted by atomic mass is 10.1. The lowest BCUT2D eigenvalue weighted by Gasteiger charge is -2.12. The number of guanidine groups is 1. The number of nitrogens with zero attached hydrogens (tertiary/aromatic N) is 2. The predicted octanol–water partition coefficient (Wildman–Crippen LogP) is 2.17. The van der Waals surface area contributed by atoms with E-state index in [1.807, 2.05) is 0 Å². The van der Waals surface area contributed by atoms with E-state index >= 15 is 0 Å². The van der Waals surface area contributed by atoms with E-state index in [0.717, 1.165) is 58.2 Å². The van der Waals surface area contributed by atoms with Crippen LogP contribution in [0.25, 0.3) is 0 Å². The van der Waals surface area contributed by atoms with Crippen molar-refractivity contribution < 1.29 is 4.74 Å². The Balaban J connectivity index is 0. The Labute approximate surface area is 148 Å². The van der Waals surface area contributed by atoms with Gasteiger partial charge in [-0.25, -0.2) is 0 Å². The van der Waals surface area contributed by atoms with Gasteiger partial charge in [-0.3, -0.25) is 4.99 Å². The van der Waals surface area contributed by atoms with Crippen molar-refractivity contribution in [3.8, 4) is 0 Å². The molecule has 0 aromatic rings. The first-order valence-electron chi connectivity index (χ1n) is 7.81. The number of halogens is 1. The van der Waals surface area contributed by atoms with Crippen LogP contribution in [0, 0.1) is 5.92 Å². The summed E-state index contributed by atoms with van der Waals surface area (Å²) in [5.41, 5.74) is 0. The highest BCUT2D eigenvalue weighted by Crippen LogP contribution is 1.98. The highest BCUT2D eigenvalue weighted by Gasteiger charge is 1.98. The highest BCUT2D eigenvalue weighted by atomic mass is 127. The molecule has 0 aromatic heterocycles. The largest absolute Gasteiger partial charge is 0.380 e. The molecule has 0 aromatic carbocycles. The molecule has 0 aliphatic carbocycles. The zero-order valence-electron chi connectivity index (χ0n) is 14.4. The van der Waals surface area contributed by atoms with Crippen LogP contribution in [0.1, 0.15) is 33.6 Å². The Bertz CT molecular complexity index is 248. The Hall–Kier alpha value is -0.0800. The fourth-order valence-corrected chi connectivity index (χ4v) is 1.58. The molecule has 2 N–H and O–H groups in total. The Morgan fingerprint density at radius 3 is 2.48 bits per heavy atom. The maximum absolute atomic E-state index is 5.58. The zero-order valence-corrected chi connectivity index (χ0v) is 16.8. The highest BCUT2D eigenvalue weighted by molar-refractivity contribution is 14.0. The summed E-state index contributed by atoms with van der Waals surface area (Å²) >= 11 is 0. The van der Waals surface area contributed by atoms with Gasteiger partial charge in [0.05, 0.1) is 6.61 Å². The van der Waals surface area contributed by atoms with Crippen LogP contribution in [0.15, 0.2) is 4.99 Å². The molecule has 21 heavy (non-hydrogen) atoms. The van der Waals surface area contributed by atoms with Crippen molar-refractivity contribution >= 4 is 29.9 Å². The normalized spacial score (nSPS) is 11.7. The number of aliphatic imine (C=N–C) groups is 1.